The van der Waals surface area contributed by atoms with E-state index in [4.69, 9.17) is 15.3 Å². The zero-order valence-corrected chi connectivity index (χ0v) is 8.87. The van der Waals surface area contributed by atoms with Gasteiger partial charge in [0.1, 0.15) is 5.41 Å². The monoisotopic (exact) mass is 269 g/mol. The molecule has 5 heteroatoms. The topological polar surface area (TPSA) is 77.8 Å². The van der Waals surface area contributed by atoms with Crippen LogP contribution in [0.1, 0.15) is 13.3 Å². The molecule has 0 heterocycles. The fourth-order valence-corrected chi connectivity index (χ4v) is 0.560. The predicted molar refractivity (Wildman–Crippen MR) is 40.3 cm³/mol. The first-order valence-corrected chi connectivity index (χ1v) is 3.08. The van der Waals surface area contributed by atoms with E-state index >= 15 is 0 Å². The van der Waals surface area contributed by atoms with Crippen LogP contribution in [0.5, 0.6) is 0 Å². The maximum atomic E-state index is 10.4. The summed E-state index contributed by atoms with van der Waals surface area (Å²) in [6.07, 6.45) is 0.231. The molecular formula is C6H12O4Sb. The number of carboxylic acids is 1. The predicted octanol–water partition coefficient (Wildman–Crippen LogP) is -0.929. The van der Waals surface area contributed by atoms with Gasteiger partial charge in [0.15, 0.2) is 0 Å². The summed E-state index contributed by atoms with van der Waals surface area (Å²) in [5.74, 6) is -1.15. The molecule has 0 atom stereocenters. The maximum Gasteiger partial charge on any atom is 0.314 e. The van der Waals surface area contributed by atoms with Gasteiger partial charge in [0.2, 0.25) is 0 Å². The van der Waals surface area contributed by atoms with Gasteiger partial charge in [-0.15, -0.1) is 0 Å². The summed E-state index contributed by atoms with van der Waals surface area (Å²) in [7, 11) is 0. The summed E-state index contributed by atoms with van der Waals surface area (Å²) in [5, 5.41) is 25.7. The van der Waals surface area contributed by atoms with Gasteiger partial charge in [-0.25, -0.2) is 0 Å². The fourth-order valence-electron chi connectivity index (χ4n) is 0.560. The van der Waals surface area contributed by atoms with Crippen molar-refractivity contribution < 1.29 is 20.1 Å². The van der Waals surface area contributed by atoms with Crippen LogP contribution in [0.25, 0.3) is 0 Å². The van der Waals surface area contributed by atoms with Crippen molar-refractivity contribution in [2.24, 2.45) is 5.41 Å². The van der Waals surface area contributed by atoms with E-state index in [0.29, 0.717) is 0 Å². The first-order valence-electron chi connectivity index (χ1n) is 3.08. The summed E-state index contributed by atoms with van der Waals surface area (Å²) >= 11 is 0. The van der Waals surface area contributed by atoms with Gasteiger partial charge >= 0.3 is 5.97 Å². The molecule has 0 aromatic rings. The van der Waals surface area contributed by atoms with Crippen LogP contribution in [0.2, 0.25) is 0 Å². The third-order valence-corrected chi connectivity index (χ3v) is 1.74. The van der Waals surface area contributed by atoms with Gasteiger partial charge in [0.25, 0.3) is 0 Å². The Morgan fingerprint density at radius 1 is 1.36 bits per heavy atom. The van der Waals surface area contributed by atoms with E-state index in [0.717, 1.165) is 0 Å². The van der Waals surface area contributed by atoms with Gasteiger partial charge in [-0.3, -0.25) is 4.79 Å². The van der Waals surface area contributed by atoms with Gasteiger partial charge in [-0.2, -0.15) is 0 Å². The van der Waals surface area contributed by atoms with Crippen LogP contribution >= 0.6 is 0 Å². The molecule has 0 amide bonds. The van der Waals surface area contributed by atoms with Crippen LogP contribution in [-0.2, 0) is 4.79 Å². The van der Waals surface area contributed by atoms with Gasteiger partial charge in [0, 0.05) is 24.4 Å². The van der Waals surface area contributed by atoms with E-state index in [2.05, 4.69) is 0 Å². The standard InChI is InChI=1S/C6H12O4.Sb/c1-2-6(3-7,4-8)5(9)10;/h7-8H,2-4H2,1H3,(H,9,10);. The summed E-state index contributed by atoms with van der Waals surface area (Å²) in [6.45, 7) is 0.575. The Kier molecular flexibility index (Phi) is 7.27. The molecule has 0 aromatic carbocycles. The average Bonchev–Trinajstić information content (AvgIpc) is 1.92. The van der Waals surface area contributed by atoms with Crippen LogP contribution in [0.15, 0.2) is 0 Å². The third-order valence-electron chi connectivity index (χ3n) is 1.74. The third kappa shape index (κ3) is 2.97. The molecule has 0 rings (SSSR count). The van der Waals surface area contributed by atoms with Gasteiger partial charge in [-0.05, 0) is 6.42 Å². The minimum Gasteiger partial charge on any atom is -0.481 e. The largest absolute Gasteiger partial charge is 0.481 e. The van der Waals surface area contributed by atoms with Gasteiger partial charge in [-0.1, -0.05) is 6.92 Å². The minimum absolute atomic E-state index is 0. The van der Waals surface area contributed by atoms with Crippen LogP contribution in [0.4, 0.5) is 0 Å². The molecule has 11 heavy (non-hydrogen) atoms. The van der Waals surface area contributed by atoms with Crippen molar-refractivity contribution in [2.45, 2.75) is 13.3 Å². The van der Waals surface area contributed by atoms with E-state index in [9.17, 15) is 4.79 Å². The van der Waals surface area contributed by atoms with Crippen molar-refractivity contribution in [3.63, 3.8) is 0 Å². The molecule has 0 fully saturated rings. The Bertz CT molecular complexity index is 113. The molecule has 0 bridgehead atoms. The Morgan fingerprint density at radius 2 is 1.73 bits per heavy atom. The van der Waals surface area contributed by atoms with Gasteiger partial charge < -0.3 is 15.3 Å². The summed E-state index contributed by atoms with van der Waals surface area (Å²) in [6, 6.07) is 0. The Labute approximate surface area is 82.7 Å². The van der Waals surface area contributed by atoms with Crippen LogP contribution in [-0.4, -0.2) is 58.9 Å². The molecule has 4 nitrogen and oxygen atoms in total. The number of aliphatic hydroxyl groups is 2. The number of carboxylic acid groups (broad SMARTS) is 1. The number of rotatable bonds is 4. The van der Waals surface area contributed by atoms with E-state index in [-0.39, 0.29) is 30.8 Å². The van der Waals surface area contributed by atoms with Crippen molar-refractivity contribution in [3.8, 4) is 0 Å². The fraction of sp³-hybridized carbons (Fsp3) is 0.833. The summed E-state index contributed by atoms with van der Waals surface area (Å²) < 4.78 is 0. The Hall–Kier alpha value is 0.208. The molecule has 0 saturated carbocycles. The van der Waals surface area contributed by atoms with Crippen molar-refractivity contribution in [2.75, 3.05) is 13.2 Å². The van der Waals surface area contributed by atoms with E-state index in [1.54, 1.807) is 6.92 Å². The van der Waals surface area contributed by atoms with Gasteiger partial charge in [0.05, 0.1) is 13.2 Å². The first-order chi connectivity index (χ1) is 4.63. The molecule has 0 aromatic heterocycles. The maximum absolute atomic E-state index is 10.4. The zero-order valence-electron chi connectivity index (χ0n) is 6.32. The Morgan fingerprint density at radius 3 is 1.73 bits per heavy atom. The van der Waals surface area contributed by atoms with E-state index < -0.39 is 24.6 Å². The molecular weight excluding hydrogens is 258 g/mol. The summed E-state index contributed by atoms with van der Waals surface area (Å²) in [4.78, 5) is 10.4. The van der Waals surface area contributed by atoms with Crippen LogP contribution in [0.3, 0.4) is 0 Å². The molecule has 65 valence electrons. The second kappa shape index (κ2) is 5.81. The average molecular weight is 270 g/mol. The number of carbonyl (C=O) groups is 1. The van der Waals surface area contributed by atoms with Crippen molar-refractivity contribution in [1.82, 2.24) is 0 Å². The molecule has 3 radical (unpaired) electrons. The summed E-state index contributed by atoms with van der Waals surface area (Å²) in [5.41, 5.74) is -1.35. The zero-order chi connectivity index (χ0) is 8.20. The molecule has 0 aliphatic heterocycles. The van der Waals surface area contributed by atoms with Crippen LogP contribution in [0, 0.1) is 5.41 Å². The second-order valence-corrected chi connectivity index (χ2v) is 2.26. The van der Waals surface area contributed by atoms with Crippen molar-refractivity contribution in [3.05, 3.63) is 0 Å². The molecule has 0 aliphatic rings. The molecule has 0 spiro atoms. The van der Waals surface area contributed by atoms with Crippen molar-refractivity contribution >= 4 is 30.4 Å². The Balaban J connectivity index is 0. The SMILES string of the molecule is CCC(CO)(CO)C(=O)O.[Sb]. The molecule has 0 saturated heterocycles. The quantitative estimate of drug-likeness (QED) is 0.577. The number of aliphatic carboxylic acids is 1. The molecule has 3 N–H and O–H groups in total. The number of hydrogen-bond acceptors (Lipinski definition) is 3. The minimum atomic E-state index is -1.35. The molecule has 0 aliphatic carbocycles. The number of hydrogen-bond donors (Lipinski definition) is 3. The van der Waals surface area contributed by atoms with Crippen LogP contribution < -0.4 is 0 Å². The second-order valence-electron chi connectivity index (χ2n) is 2.26. The smallest absolute Gasteiger partial charge is 0.314 e. The van der Waals surface area contributed by atoms with E-state index in [1.165, 1.54) is 0 Å². The van der Waals surface area contributed by atoms with E-state index in [1.807, 2.05) is 0 Å². The number of aliphatic hydroxyl groups excluding tert-OH is 2. The normalized spacial score (nSPS) is 10.5. The first kappa shape index (κ1) is 13.8. The van der Waals surface area contributed by atoms with Crippen molar-refractivity contribution in [1.29, 1.82) is 0 Å². The molecule has 0 unspecified atom stereocenters.